The van der Waals surface area contributed by atoms with Crippen LogP contribution in [0.25, 0.3) is 0 Å². The van der Waals surface area contributed by atoms with Gasteiger partial charge in [0.05, 0.1) is 17.1 Å². The topological polar surface area (TPSA) is 49.4 Å². The van der Waals surface area contributed by atoms with E-state index in [9.17, 15) is 9.59 Å². The molecule has 0 spiro atoms. The molecule has 1 fully saturated rings. The number of hydrogen-bond donors (Lipinski definition) is 1. The summed E-state index contributed by atoms with van der Waals surface area (Å²) in [6.45, 7) is 0. The summed E-state index contributed by atoms with van der Waals surface area (Å²) < 4.78 is 0. The lowest BCUT2D eigenvalue weighted by molar-refractivity contribution is -0.126. The lowest BCUT2D eigenvalue weighted by Crippen LogP contribution is -2.46. The SMILES string of the molecule is O=C(NC1CCCC1)[C@H](c1cccs1)N(C(=O)Cc1cccs1)c1ccccc1Cl. The molecule has 1 saturated carbocycles. The number of rotatable bonds is 7. The summed E-state index contributed by atoms with van der Waals surface area (Å²) in [5.41, 5.74) is 0.556. The second kappa shape index (κ2) is 9.77. The Bertz CT molecular complexity index is 983. The van der Waals surface area contributed by atoms with E-state index in [0.717, 1.165) is 35.4 Å². The molecule has 1 atom stereocenters. The highest BCUT2D eigenvalue weighted by atomic mass is 35.5. The van der Waals surface area contributed by atoms with Gasteiger partial charge in [-0.25, -0.2) is 0 Å². The van der Waals surface area contributed by atoms with E-state index < -0.39 is 6.04 Å². The smallest absolute Gasteiger partial charge is 0.248 e. The van der Waals surface area contributed by atoms with E-state index in [1.54, 1.807) is 17.0 Å². The Balaban J connectivity index is 1.73. The van der Waals surface area contributed by atoms with Gasteiger partial charge in [-0.3, -0.25) is 14.5 Å². The number of thiophene rings is 2. The molecule has 2 heterocycles. The van der Waals surface area contributed by atoms with Gasteiger partial charge in [-0.15, -0.1) is 22.7 Å². The van der Waals surface area contributed by atoms with Gasteiger partial charge in [0.25, 0.3) is 0 Å². The van der Waals surface area contributed by atoms with Gasteiger partial charge in [-0.1, -0.05) is 48.7 Å². The Kier molecular flexibility index (Phi) is 6.87. The monoisotopic (exact) mass is 458 g/mol. The molecule has 1 N–H and O–H groups in total. The number of carbonyl (C=O) groups excluding carboxylic acids is 2. The first kappa shape index (κ1) is 21.1. The van der Waals surface area contributed by atoms with Gasteiger partial charge in [-0.2, -0.15) is 0 Å². The third-order valence-electron chi connectivity index (χ3n) is 5.31. The number of carbonyl (C=O) groups is 2. The summed E-state index contributed by atoms with van der Waals surface area (Å²) in [4.78, 5) is 30.4. The van der Waals surface area contributed by atoms with Crippen molar-refractivity contribution >= 4 is 51.8 Å². The third-order valence-corrected chi connectivity index (χ3v) is 7.43. The van der Waals surface area contributed by atoms with E-state index >= 15 is 0 Å². The molecule has 0 radical (unpaired) electrons. The summed E-state index contributed by atoms with van der Waals surface area (Å²) in [5, 5.41) is 7.52. The fraction of sp³-hybridized carbons (Fsp3) is 0.304. The molecule has 30 heavy (non-hydrogen) atoms. The highest BCUT2D eigenvalue weighted by Crippen LogP contribution is 2.36. The van der Waals surface area contributed by atoms with Crippen LogP contribution >= 0.6 is 34.3 Å². The van der Waals surface area contributed by atoms with E-state index in [1.807, 2.05) is 47.2 Å². The molecule has 3 aromatic rings. The Morgan fingerprint density at radius 3 is 2.43 bits per heavy atom. The maximum atomic E-state index is 13.5. The Labute approximate surface area is 189 Å². The second-order valence-electron chi connectivity index (χ2n) is 7.38. The predicted molar refractivity (Wildman–Crippen MR) is 124 cm³/mol. The molecule has 0 unspecified atom stereocenters. The van der Waals surface area contributed by atoms with Gasteiger partial charge in [0, 0.05) is 15.8 Å². The molecule has 1 aromatic carbocycles. The normalized spacial score (nSPS) is 15.1. The lowest BCUT2D eigenvalue weighted by atomic mass is 10.1. The Hall–Kier alpha value is -2.15. The van der Waals surface area contributed by atoms with Gasteiger partial charge in [0.15, 0.2) is 0 Å². The molecule has 4 nitrogen and oxygen atoms in total. The molecule has 0 bridgehead atoms. The number of nitrogens with zero attached hydrogens (tertiary/aromatic N) is 1. The molecular formula is C23H23ClN2O2S2. The van der Waals surface area contributed by atoms with Gasteiger partial charge in [0.2, 0.25) is 11.8 Å². The molecule has 2 amide bonds. The summed E-state index contributed by atoms with van der Waals surface area (Å²) in [5.74, 6) is -0.297. The number of benzene rings is 1. The van der Waals surface area contributed by atoms with Crippen LogP contribution in [0.4, 0.5) is 5.69 Å². The van der Waals surface area contributed by atoms with Crippen molar-refractivity contribution in [2.24, 2.45) is 0 Å². The first-order chi connectivity index (χ1) is 14.6. The maximum absolute atomic E-state index is 13.5. The molecule has 7 heteroatoms. The quantitative estimate of drug-likeness (QED) is 0.483. The van der Waals surface area contributed by atoms with Crippen molar-refractivity contribution in [3.8, 4) is 0 Å². The highest BCUT2D eigenvalue weighted by Gasteiger charge is 2.35. The standard InChI is InChI=1S/C23H23ClN2O2S2/c24-18-10-3-4-11-19(18)26(21(27)15-17-9-5-13-29-17)22(20-12-6-14-30-20)23(28)25-16-7-1-2-8-16/h3-6,9-14,16,22H,1-2,7-8,15H2,(H,25,28)/t22-/m0/s1. The minimum absolute atomic E-state index is 0.148. The van der Waals surface area contributed by atoms with Crippen molar-refractivity contribution in [1.29, 1.82) is 0 Å². The van der Waals surface area contributed by atoms with E-state index in [2.05, 4.69) is 5.32 Å². The molecule has 4 rings (SSSR count). The minimum atomic E-state index is -0.752. The molecule has 1 aliphatic carbocycles. The van der Waals surface area contributed by atoms with E-state index in [4.69, 9.17) is 11.6 Å². The van der Waals surface area contributed by atoms with Crippen LogP contribution in [0.5, 0.6) is 0 Å². The number of halogens is 1. The molecule has 0 saturated heterocycles. The fourth-order valence-corrected chi connectivity index (χ4v) is 5.62. The lowest BCUT2D eigenvalue weighted by Gasteiger charge is -2.32. The largest absolute Gasteiger partial charge is 0.351 e. The number of hydrogen-bond acceptors (Lipinski definition) is 4. The second-order valence-corrected chi connectivity index (χ2v) is 9.80. The number of amides is 2. The van der Waals surface area contributed by atoms with E-state index in [-0.39, 0.29) is 24.3 Å². The van der Waals surface area contributed by atoms with Gasteiger partial charge >= 0.3 is 0 Å². The van der Waals surface area contributed by atoms with Crippen LogP contribution in [-0.4, -0.2) is 17.9 Å². The Morgan fingerprint density at radius 2 is 1.77 bits per heavy atom. The van der Waals surface area contributed by atoms with Crippen LogP contribution in [0.1, 0.15) is 41.5 Å². The average molecular weight is 459 g/mol. The fourth-order valence-electron chi connectivity index (χ4n) is 3.88. The highest BCUT2D eigenvalue weighted by molar-refractivity contribution is 7.10. The summed E-state index contributed by atoms with van der Waals surface area (Å²) in [7, 11) is 0. The van der Waals surface area contributed by atoms with Crippen LogP contribution < -0.4 is 10.2 Å². The maximum Gasteiger partial charge on any atom is 0.248 e. The third kappa shape index (κ3) is 4.77. The summed E-state index contributed by atoms with van der Waals surface area (Å²) in [6, 6.07) is 14.3. The van der Waals surface area contributed by atoms with Crippen LogP contribution in [0.2, 0.25) is 5.02 Å². The van der Waals surface area contributed by atoms with Crippen molar-refractivity contribution in [2.75, 3.05) is 4.90 Å². The van der Waals surface area contributed by atoms with Crippen LogP contribution in [0, 0.1) is 0 Å². The first-order valence-electron chi connectivity index (χ1n) is 10.1. The van der Waals surface area contributed by atoms with E-state index in [1.165, 1.54) is 22.7 Å². The number of nitrogens with one attached hydrogen (secondary N) is 1. The van der Waals surface area contributed by atoms with Crippen molar-refractivity contribution in [3.63, 3.8) is 0 Å². The van der Waals surface area contributed by atoms with Crippen LogP contribution in [-0.2, 0) is 16.0 Å². The summed E-state index contributed by atoms with van der Waals surface area (Å²) in [6.07, 6.45) is 4.44. The van der Waals surface area contributed by atoms with Crippen molar-refractivity contribution in [1.82, 2.24) is 5.32 Å². The van der Waals surface area contributed by atoms with Gasteiger partial charge < -0.3 is 5.32 Å². The van der Waals surface area contributed by atoms with E-state index in [0.29, 0.717) is 10.7 Å². The van der Waals surface area contributed by atoms with Crippen LogP contribution in [0.15, 0.2) is 59.3 Å². The van der Waals surface area contributed by atoms with Crippen molar-refractivity contribution < 1.29 is 9.59 Å². The molecule has 0 aliphatic heterocycles. The molecule has 1 aliphatic rings. The number of para-hydroxylation sites is 1. The number of anilines is 1. The average Bonchev–Trinajstić information content (AvgIpc) is 3.50. The zero-order valence-corrected chi connectivity index (χ0v) is 18.8. The first-order valence-corrected chi connectivity index (χ1v) is 12.2. The zero-order valence-electron chi connectivity index (χ0n) is 16.4. The van der Waals surface area contributed by atoms with Crippen molar-refractivity contribution in [2.45, 2.75) is 44.2 Å². The molecule has 2 aromatic heterocycles. The zero-order chi connectivity index (χ0) is 20.9. The Morgan fingerprint density at radius 1 is 1.03 bits per heavy atom. The van der Waals surface area contributed by atoms with Gasteiger partial charge in [-0.05, 0) is 47.9 Å². The molecule has 156 valence electrons. The summed E-state index contributed by atoms with van der Waals surface area (Å²) >= 11 is 9.52. The minimum Gasteiger partial charge on any atom is -0.351 e. The van der Waals surface area contributed by atoms with Crippen molar-refractivity contribution in [3.05, 3.63) is 74.1 Å². The van der Waals surface area contributed by atoms with Crippen LogP contribution in [0.3, 0.4) is 0 Å². The predicted octanol–water partition coefficient (Wildman–Crippen LogP) is 5.84. The molecular weight excluding hydrogens is 436 g/mol. The van der Waals surface area contributed by atoms with Gasteiger partial charge in [0.1, 0.15) is 6.04 Å².